The van der Waals surface area contributed by atoms with Crippen LogP contribution in [0.3, 0.4) is 0 Å². The predicted molar refractivity (Wildman–Crippen MR) is 108 cm³/mol. The number of hydrogen-bond donors (Lipinski definition) is 1. The number of aromatic nitrogens is 2. The molecular weight excluding hydrogens is 414 g/mol. The van der Waals surface area contributed by atoms with Crippen molar-refractivity contribution in [3.05, 3.63) is 70.9 Å². The molecule has 1 atom stereocenters. The van der Waals surface area contributed by atoms with Gasteiger partial charge in [0.25, 0.3) is 5.91 Å². The highest BCUT2D eigenvalue weighted by Crippen LogP contribution is 2.30. The van der Waals surface area contributed by atoms with Gasteiger partial charge < -0.3 is 10.2 Å². The van der Waals surface area contributed by atoms with Gasteiger partial charge in [-0.1, -0.05) is 23.7 Å². The fraction of sp³-hybridized carbons (Fsp3) is 0.190. The van der Waals surface area contributed by atoms with Gasteiger partial charge in [-0.25, -0.2) is 8.78 Å². The number of rotatable bonds is 4. The van der Waals surface area contributed by atoms with Gasteiger partial charge >= 0.3 is 0 Å². The van der Waals surface area contributed by atoms with Crippen LogP contribution < -0.4 is 10.2 Å². The zero-order valence-corrected chi connectivity index (χ0v) is 16.7. The minimum Gasteiger partial charge on any atom is -0.340 e. The van der Waals surface area contributed by atoms with Crippen LogP contribution in [-0.4, -0.2) is 34.2 Å². The second-order valence-corrected chi connectivity index (χ2v) is 7.35. The van der Waals surface area contributed by atoms with Gasteiger partial charge in [-0.15, -0.1) is 0 Å². The van der Waals surface area contributed by atoms with E-state index >= 15 is 0 Å². The fourth-order valence-electron chi connectivity index (χ4n) is 3.49. The molecule has 6 nitrogen and oxygen atoms in total. The minimum absolute atomic E-state index is 0.00223. The van der Waals surface area contributed by atoms with Crippen molar-refractivity contribution in [3.63, 3.8) is 0 Å². The first-order chi connectivity index (χ1) is 14.3. The van der Waals surface area contributed by atoms with E-state index < -0.39 is 23.6 Å². The van der Waals surface area contributed by atoms with E-state index in [0.717, 1.165) is 12.1 Å². The smallest absolute Gasteiger partial charge is 0.255 e. The molecule has 2 amide bonds. The van der Waals surface area contributed by atoms with Gasteiger partial charge in [0, 0.05) is 31.4 Å². The highest BCUT2D eigenvalue weighted by molar-refractivity contribution is 6.34. The Bertz CT molecular complexity index is 1150. The zero-order chi connectivity index (χ0) is 21.4. The summed E-state index contributed by atoms with van der Waals surface area (Å²) < 4.78 is 28.8. The molecule has 1 aliphatic rings. The number of hydrogen-bond acceptors (Lipinski definition) is 3. The molecular formula is C21H17ClF2N4O2. The Labute approximate surface area is 176 Å². The summed E-state index contributed by atoms with van der Waals surface area (Å²) in [6, 6.07) is 9.27. The van der Waals surface area contributed by atoms with Gasteiger partial charge in [-0.05, 0) is 30.7 Å². The minimum atomic E-state index is -0.829. The lowest BCUT2D eigenvalue weighted by Crippen LogP contribution is -2.41. The summed E-state index contributed by atoms with van der Waals surface area (Å²) in [7, 11) is 1.58. The molecule has 1 saturated heterocycles. The molecule has 1 fully saturated rings. The second-order valence-electron chi connectivity index (χ2n) is 6.95. The SMILES string of the molecule is Cn1cc(C(=O)NC2CCN(c3ccccc3Cl)C2=O)c(-c2ccc(F)cc2F)n1. The van der Waals surface area contributed by atoms with E-state index in [1.54, 1.807) is 31.3 Å². The first-order valence-electron chi connectivity index (χ1n) is 9.21. The summed E-state index contributed by atoms with van der Waals surface area (Å²) in [6.45, 7) is 0.403. The average Bonchev–Trinajstić information content (AvgIpc) is 3.25. The summed E-state index contributed by atoms with van der Waals surface area (Å²) in [5, 5.41) is 7.28. The third kappa shape index (κ3) is 3.66. The topological polar surface area (TPSA) is 67.2 Å². The molecule has 154 valence electrons. The first-order valence-corrected chi connectivity index (χ1v) is 9.59. The molecule has 9 heteroatoms. The predicted octanol–water partition coefficient (Wildman–Crippen LogP) is 3.55. The largest absolute Gasteiger partial charge is 0.340 e. The Morgan fingerprint density at radius 3 is 2.73 bits per heavy atom. The average molecular weight is 431 g/mol. The van der Waals surface area contributed by atoms with Crippen LogP contribution in [0.5, 0.6) is 0 Å². The van der Waals surface area contributed by atoms with Crippen LogP contribution in [0.15, 0.2) is 48.7 Å². The molecule has 0 radical (unpaired) electrons. The highest BCUT2D eigenvalue weighted by atomic mass is 35.5. The lowest BCUT2D eigenvalue weighted by atomic mass is 10.1. The molecule has 0 aliphatic carbocycles. The summed E-state index contributed by atoms with van der Waals surface area (Å²) in [5.41, 5.74) is 0.738. The molecule has 3 aromatic rings. The third-order valence-corrected chi connectivity index (χ3v) is 5.23. The number of carbonyl (C=O) groups excluding carboxylic acids is 2. The molecule has 2 heterocycles. The number of para-hydroxylation sites is 1. The van der Waals surface area contributed by atoms with Gasteiger partial charge in [0.1, 0.15) is 23.4 Å². The molecule has 0 spiro atoms. The normalized spacial score (nSPS) is 16.2. The van der Waals surface area contributed by atoms with Crippen LogP contribution in [0.1, 0.15) is 16.8 Å². The Kier molecular flexibility index (Phi) is 5.26. The van der Waals surface area contributed by atoms with Crippen LogP contribution >= 0.6 is 11.6 Å². The van der Waals surface area contributed by atoms with Crippen LogP contribution in [-0.2, 0) is 11.8 Å². The van der Waals surface area contributed by atoms with E-state index in [4.69, 9.17) is 11.6 Å². The molecule has 1 unspecified atom stereocenters. The molecule has 0 bridgehead atoms. The van der Waals surface area contributed by atoms with E-state index in [-0.39, 0.29) is 22.7 Å². The van der Waals surface area contributed by atoms with Crippen LogP contribution in [0.4, 0.5) is 14.5 Å². The first kappa shape index (κ1) is 20.0. The number of nitrogens with zero attached hydrogens (tertiary/aromatic N) is 3. The molecule has 1 aromatic heterocycles. The standard InChI is InChI=1S/C21H17ClF2N4O2/c1-27-11-14(19(26-27)13-7-6-12(23)10-16(13)24)20(29)25-17-8-9-28(21(17)30)18-5-3-2-4-15(18)22/h2-7,10-11,17H,8-9H2,1H3,(H,25,29). The Morgan fingerprint density at radius 1 is 1.23 bits per heavy atom. The van der Waals surface area contributed by atoms with Crippen molar-refractivity contribution < 1.29 is 18.4 Å². The van der Waals surface area contributed by atoms with Crippen molar-refractivity contribution in [3.8, 4) is 11.3 Å². The Balaban J connectivity index is 1.57. The maximum atomic E-state index is 14.2. The van der Waals surface area contributed by atoms with Crippen molar-refractivity contribution in [2.24, 2.45) is 7.05 Å². The molecule has 4 rings (SSSR count). The van der Waals surface area contributed by atoms with Crippen molar-refractivity contribution in [1.29, 1.82) is 0 Å². The van der Waals surface area contributed by atoms with E-state index in [0.29, 0.717) is 23.7 Å². The molecule has 1 N–H and O–H groups in total. The van der Waals surface area contributed by atoms with Gasteiger partial charge in [0.2, 0.25) is 5.91 Å². The van der Waals surface area contributed by atoms with Crippen LogP contribution in [0.2, 0.25) is 5.02 Å². The third-order valence-electron chi connectivity index (χ3n) is 4.91. The number of aryl methyl sites for hydroxylation is 1. The van der Waals surface area contributed by atoms with Crippen molar-refractivity contribution in [2.75, 3.05) is 11.4 Å². The summed E-state index contributed by atoms with van der Waals surface area (Å²) >= 11 is 6.18. The number of carbonyl (C=O) groups is 2. The fourth-order valence-corrected chi connectivity index (χ4v) is 3.73. The highest BCUT2D eigenvalue weighted by Gasteiger charge is 2.35. The van der Waals surface area contributed by atoms with E-state index in [2.05, 4.69) is 10.4 Å². The lowest BCUT2D eigenvalue weighted by molar-refractivity contribution is -0.118. The number of halogens is 3. The quantitative estimate of drug-likeness (QED) is 0.688. The Hall–Kier alpha value is -3.26. The van der Waals surface area contributed by atoms with Crippen LogP contribution in [0.25, 0.3) is 11.3 Å². The zero-order valence-electron chi connectivity index (χ0n) is 15.9. The lowest BCUT2D eigenvalue weighted by Gasteiger charge is -2.18. The second kappa shape index (κ2) is 7.87. The van der Waals surface area contributed by atoms with E-state index in [1.165, 1.54) is 21.8 Å². The van der Waals surface area contributed by atoms with Crippen molar-refractivity contribution >= 4 is 29.1 Å². The molecule has 2 aromatic carbocycles. The van der Waals surface area contributed by atoms with Gasteiger partial charge in [0.05, 0.1) is 16.3 Å². The monoisotopic (exact) mass is 430 g/mol. The number of benzene rings is 2. The van der Waals surface area contributed by atoms with Crippen molar-refractivity contribution in [2.45, 2.75) is 12.5 Å². The summed E-state index contributed by atoms with van der Waals surface area (Å²) in [5.74, 6) is -2.41. The van der Waals surface area contributed by atoms with Crippen molar-refractivity contribution in [1.82, 2.24) is 15.1 Å². The Morgan fingerprint density at radius 2 is 2.00 bits per heavy atom. The number of amides is 2. The number of nitrogens with one attached hydrogen (secondary N) is 1. The molecule has 30 heavy (non-hydrogen) atoms. The summed E-state index contributed by atoms with van der Waals surface area (Å²) in [4.78, 5) is 27.2. The maximum absolute atomic E-state index is 14.2. The number of anilines is 1. The molecule has 1 aliphatic heterocycles. The van der Waals surface area contributed by atoms with Gasteiger partial charge in [-0.3, -0.25) is 14.3 Å². The van der Waals surface area contributed by atoms with E-state index in [1.807, 2.05) is 0 Å². The van der Waals surface area contributed by atoms with Gasteiger partial charge in [-0.2, -0.15) is 5.10 Å². The van der Waals surface area contributed by atoms with Crippen LogP contribution in [0, 0.1) is 11.6 Å². The summed E-state index contributed by atoms with van der Waals surface area (Å²) in [6.07, 6.45) is 1.83. The maximum Gasteiger partial charge on any atom is 0.255 e. The van der Waals surface area contributed by atoms with Gasteiger partial charge in [0.15, 0.2) is 0 Å². The van der Waals surface area contributed by atoms with E-state index in [9.17, 15) is 18.4 Å². The molecule has 0 saturated carbocycles.